The Morgan fingerprint density at radius 3 is 2.45 bits per heavy atom. The van der Waals surface area contributed by atoms with E-state index in [0.29, 0.717) is 16.4 Å². The van der Waals surface area contributed by atoms with Crippen LogP contribution in [0.15, 0.2) is 36.7 Å². The van der Waals surface area contributed by atoms with Gasteiger partial charge in [-0.05, 0) is 42.7 Å². The number of carbonyl (C=O) groups is 1. The summed E-state index contributed by atoms with van der Waals surface area (Å²) < 4.78 is 12.7. The number of carbonyl (C=O) groups excluding carboxylic acids is 1. The number of ether oxygens (including phenoxy) is 2. The van der Waals surface area contributed by atoms with Crippen LogP contribution in [0.1, 0.15) is 50.9 Å². The van der Waals surface area contributed by atoms with Crippen LogP contribution >= 0.6 is 11.3 Å². The predicted molar refractivity (Wildman–Crippen MR) is 115 cm³/mol. The fourth-order valence-electron chi connectivity index (χ4n) is 3.30. The zero-order valence-corrected chi connectivity index (χ0v) is 18.3. The quantitative estimate of drug-likeness (QED) is 0.599. The number of amides is 1. The minimum Gasteiger partial charge on any atom is -0.497 e. The Kier molecular flexibility index (Phi) is 6.59. The zero-order chi connectivity index (χ0) is 21.0. The van der Waals surface area contributed by atoms with E-state index in [-0.39, 0.29) is 5.91 Å². The van der Waals surface area contributed by atoms with Crippen LogP contribution in [0.3, 0.4) is 0 Å². The van der Waals surface area contributed by atoms with E-state index < -0.39 is 6.04 Å². The monoisotopic (exact) mass is 413 g/mol. The summed E-state index contributed by atoms with van der Waals surface area (Å²) in [5.74, 6) is 1.93. The van der Waals surface area contributed by atoms with Gasteiger partial charge >= 0.3 is 0 Å². The van der Waals surface area contributed by atoms with Gasteiger partial charge in [0.05, 0.1) is 19.1 Å². The Balaban J connectivity index is 1.98. The summed E-state index contributed by atoms with van der Waals surface area (Å²) in [7, 11) is 5.13. The molecule has 154 valence electrons. The lowest BCUT2D eigenvalue weighted by Gasteiger charge is -2.20. The Labute approximate surface area is 175 Å². The summed E-state index contributed by atoms with van der Waals surface area (Å²) in [5.41, 5.74) is 2.07. The average Bonchev–Trinajstić information content (AvgIpc) is 3.31. The summed E-state index contributed by atoms with van der Waals surface area (Å²) in [6, 6.07) is 7.15. The first-order valence-corrected chi connectivity index (χ1v) is 10.4. The SMILES string of the molecule is CCCc1cc(C(=O)NC(c2cc(OC)cc(OC)c2)c2nccn2C)sc1C. The Bertz CT molecular complexity index is 971. The molecular weight excluding hydrogens is 386 g/mol. The molecule has 0 aliphatic rings. The van der Waals surface area contributed by atoms with Gasteiger partial charge in [0.1, 0.15) is 23.4 Å². The molecule has 3 aromatic rings. The molecule has 2 heterocycles. The highest BCUT2D eigenvalue weighted by atomic mass is 32.1. The van der Waals surface area contributed by atoms with E-state index in [4.69, 9.17) is 9.47 Å². The number of methoxy groups -OCH3 is 2. The van der Waals surface area contributed by atoms with Crippen molar-refractivity contribution in [3.8, 4) is 11.5 Å². The van der Waals surface area contributed by atoms with Crippen LogP contribution in [0, 0.1) is 6.92 Å². The van der Waals surface area contributed by atoms with Crippen LogP contribution in [0.4, 0.5) is 0 Å². The third kappa shape index (κ3) is 4.62. The van der Waals surface area contributed by atoms with Crippen LogP contribution in [-0.2, 0) is 13.5 Å². The first-order chi connectivity index (χ1) is 14.0. The number of imidazole rings is 1. The van der Waals surface area contributed by atoms with Crippen molar-refractivity contribution < 1.29 is 14.3 Å². The smallest absolute Gasteiger partial charge is 0.262 e. The summed E-state index contributed by atoms with van der Waals surface area (Å²) in [5, 5.41) is 3.16. The molecule has 6 nitrogen and oxygen atoms in total. The van der Waals surface area contributed by atoms with Crippen LogP contribution in [-0.4, -0.2) is 29.7 Å². The zero-order valence-electron chi connectivity index (χ0n) is 17.5. The third-order valence-corrected chi connectivity index (χ3v) is 5.95. The summed E-state index contributed by atoms with van der Waals surface area (Å²) in [6.07, 6.45) is 5.62. The molecule has 0 saturated carbocycles. The number of nitrogens with zero attached hydrogens (tertiary/aromatic N) is 2. The van der Waals surface area contributed by atoms with E-state index in [1.807, 2.05) is 36.0 Å². The largest absolute Gasteiger partial charge is 0.497 e. The second-order valence-corrected chi connectivity index (χ2v) is 8.15. The fourth-order valence-corrected chi connectivity index (χ4v) is 4.27. The number of aryl methyl sites for hydroxylation is 3. The van der Waals surface area contributed by atoms with Gasteiger partial charge in [-0.2, -0.15) is 0 Å². The third-order valence-electron chi connectivity index (χ3n) is 4.86. The van der Waals surface area contributed by atoms with Crippen molar-refractivity contribution in [2.75, 3.05) is 14.2 Å². The number of nitrogens with one attached hydrogen (secondary N) is 1. The topological polar surface area (TPSA) is 65.4 Å². The van der Waals surface area contributed by atoms with Crippen molar-refractivity contribution in [1.82, 2.24) is 14.9 Å². The van der Waals surface area contributed by atoms with Crippen molar-refractivity contribution >= 4 is 17.2 Å². The molecule has 1 aromatic carbocycles. The Hall–Kier alpha value is -2.80. The van der Waals surface area contributed by atoms with Gasteiger partial charge < -0.3 is 19.4 Å². The van der Waals surface area contributed by atoms with E-state index in [2.05, 4.69) is 24.1 Å². The number of hydrogen-bond donors (Lipinski definition) is 1. The number of rotatable bonds is 8. The summed E-state index contributed by atoms with van der Waals surface area (Å²) in [6.45, 7) is 4.21. The Morgan fingerprint density at radius 1 is 1.21 bits per heavy atom. The second-order valence-electron chi connectivity index (χ2n) is 6.89. The molecule has 1 N–H and O–H groups in total. The van der Waals surface area contributed by atoms with Gasteiger partial charge in [-0.15, -0.1) is 11.3 Å². The van der Waals surface area contributed by atoms with Gasteiger partial charge in [-0.3, -0.25) is 4.79 Å². The maximum atomic E-state index is 13.1. The van der Waals surface area contributed by atoms with Gasteiger partial charge in [0.25, 0.3) is 5.91 Å². The van der Waals surface area contributed by atoms with Gasteiger partial charge in [-0.1, -0.05) is 13.3 Å². The average molecular weight is 414 g/mol. The molecule has 2 aromatic heterocycles. The number of benzene rings is 1. The van der Waals surface area contributed by atoms with Crippen LogP contribution in [0.5, 0.6) is 11.5 Å². The molecule has 0 radical (unpaired) electrons. The van der Waals surface area contributed by atoms with Crippen molar-refractivity contribution in [2.45, 2.75) is 32.7 Å². The number of hydrogen-bond acceptors (Lipinski definition) is 5. The van der Waals surface area contributed by atoms with Crippen molar-refractivity contribution in [2.24, 2.45) is 7.05 Å². The molecule has 0 aliphatic carbocycles. The van der Waals surface area contributed by atoms with E-state index in [0.717, 1.165) is 24.2 Å². The molecule has 1 unspecified atom stereocenters. The summed E-state index contributed by atoms with van der Waals surface area (Å²) >= 11 is 1.53. The second kappa shape index (κ2) is 9.13. The standard InChI is InChI=1S/C22H27N3O3S/c1-6-7-15-12-19(29-14(15)2)22(26)24-20(21-23-8-9-25(21)3)16-10-17(27-4)13-18(11-16)28-5/h8-13,20H,6-7H2,1-5H3,(H,24,26). The molecule has 0 spiro atoms. The molecule has 29 heavy (non-hydrogen) atoms. The minimum atomic E-state index is -0.441. The lowest BCUT2D eigenvalue weighted by molar-refractivity contribution is 0.0945. The van der Waals surface area contributed by atoms with Gasteiger partial charge in [0, 0.05) is 30.4 Å². The van der Waals surface area contributed by atoms with Crippen LogP contribution in [0.25, 0.3) is 0 Å². The van der Waals surface area contributed by atoms with Gasteiger partial charge in [-0.25, -0.2) is 4.98 Å². The van der Waals surface area contributed by atoms with Crippen molar-refractivity contribution in [3.05, 3.63) is 63.4 Å². The van der Waals surface area contributed by atoms with Gasteiger partial charge in [0.15, 0.2) is 0 Å². The maximum absolute atomic E-state index is 13.1. The van der Waals surface area contributed by atoms with Gasteiger partial charge in [0.2, 0.25) is 0 Å². The highest BCUT2D eigenvalue weighted by molar-refractivity contribution is 7.14. The maximum Gasteiger partial charge on any atom is 0.262 e. The van der Waals surface area contributed by atoms with Crippen molar-refractivity contribution in [1.29, 1.82) is 0 Å². The highest BCUT2D eigenvalue weighted by Crippen LogP contribution is 2.30. The fraction of sp³-hybridized carbons (Fsp3) is 0.364. The molecule has 1 atom stereocenters. The molecular formula is C22H27N3O3S. The number of thiophene rings is 1. The molecule has 0 bridgehead atoms. The highest BCUT2D eigenvalue weighted by Gasteiger charge is 2.24. The summed E-state index contributed by atoms with van der Waals surface area (Å²) in [4.78, 5) is 19.5. The van der Waals surface area contributed by atoms with E-state index >= 15 is 0 Å². The number of aromatic nitrogens is 2. The lowest BCUT2D eigenvalue weighted by Crippen LogP contribution is -2.30. The van der Waals surface area contributed by atoms with Crippen LogP contribution in [0.2, 0.25) is 0 Å². The molecule has 1 amide bonds. The normalized spacial score (nSPS) is 11.9. The molecule has 0 saturated heterocycles. The first kappa shape index (κ1) is 20.9. The van der Waals surface area contributed by atoms with E-state index in [9.17, 15) is 4.79 Å². The van der Waals surface area contributed by atoms with E-state index in [1.165, 1.54) is 21.8 Å². The predicted octanol–water partition coefficient (Wildman–Crippen LogP) is 4.28. The van der Waals surface area contributed by atoms with Crippen molar-refractivity contribution in [3.63, 3.8) is 0 Å². The first-order valence-electron chi connectivity index (χ1n) is 9.57. The molecule has 7 heteroatoms. The Morgan fingerprint density at radius 2 is 1.90 bits per heavy atom. The van der Waals surface area contributed by atoms with Crippen LogP contribution < -0.4 is 14.8 Å². The molecule has 3 rings (SSSR count). The lowest BCUT2D eigenvalue weighted by atomic mass is 10.0. The van der Waals surface area contributed by atoms with E-state index in [1.54, 1.807) is 26.5 Å². The molecule has 0 aliphatic heterocycles. The molecule has 0 fully saturated rings. The minimum absolute atomic E-state index is 0.116.